The normalized spacial score (nSPS) is 16.4. The second kappa shape index (κ2) is 10.4. The Bertz CT molecular complexity index is 932. The van der Waals surface area contributed by atoms with Crippen LogP contribution < -0.4 is 5.32 Å². The fourth-order valence-electron chi connectivity index (χ4n) is 3.36. The van der Waals surface area contributed by atoms with Crippen molar-refractivity contribution >= 4 is 27.5 Å². The molecule has 1 aliphatic heterocycles. The van der Waals surface area contributed by atoms with Crippen LogP contribution in [0.25, 0.3) is 0 Å². The van der Waals surface area contributed by atoms with E-state index in [1.807, 2.05) is 24.3 Å². The van der Waals surface area contributed by atoms with Crippen molar-refractivity contribution in [1.29, 1.82) is 0 Å². The van der Waals surface area contributed by atoms with Crippen LogP contribution in [0.15, 0.2) is 59.5 Å². The molecule has 1 N–H and O–H groups in total. The summed E-state index contributed by atoms with van der Waals surface area (Å²) in [5.41, 5.74) is 1.03. The molecule has 1 fully saturated rings. The van der Waals surface area contributed by atoms with Gasteiger partial charge in [0, 0.05) is 31.7 Å². The number of amides is 1. The van der Waals surface area contributed by atoms with Crippen LogP contribution in [-0.2, 0) is 19.6 Å². The van der Waals surface area contributed by atoms with Gasteiger partial charge in [-0.05, 0) is 29.8 Å². The number of carbonyl (C=O) groups excluding carboxylic acids is 1. The Balaban J connectivity index is 1.64. The first-order valence-electron chi connectivity index (χ1n) is 9.73. The summed E-state index contributed by atoms with van der Waals surface area (Å²) in [5, 5.41) is 3.54. The summed E-state index contributed by atoms with van der Waals surface area (Å²) in [7, 11) is -2.32. The zero-order chi connectivity index (χ0) is 21.6. The molecule has 9 heteroatoms. The van der Waals surface area contributed by atoms with E-state index < -0.39 is 10.0 Å². The molecule has 30 heavy (non-hydrogen) atoms. The van der Waals surface area contributed by atoms with Gasteiger partial charge in [-0.15, -0.1) is 0 Å². The minimum Gasteiger partial charge on any atom is -0.379 e. The zero-order valence-electron chi connectivity index (χ0n) is 16.8. The van der Waals surface area contributed by atoms with E-state index in [0.29, 0.717) is 24.8 Å². The number of benzene rings is 2. The number of sulfonamides is 1. The summed E-state index contributed by atoms with van der Waals surface area (Å²) in [6.07, 6.45) is 0. The molecule has 7 nitrogen and oxygen atoms in total. The topological polar surface area (TPSA) is 79.0 Å². The maximum atomic E-state index is 12.6. The van der Waals surface area contributed by atoms with Gasteiger partial charge in [0.1, 0.15) is 0 Å². The summed E-state index contributed by atoms with van der Waals surface area (Å²) in [6.45, 7) is 2.89. The Morgan fingerprint density at radius 3 is 2.40 bits per heavy atom. The molecule has 1 unspecified atom stereocenters. The van der Waals surface area contributed by atoms with Crippen LogP contribution in [0.3, 0.4) is 0 Å². The first-order valence-corrected chi connectivity index (χ1v) is 11.5. The van der Waals surface area contributed by atoms with Crippen LogP contribution in [0.1, 0.15) is 11.6 Å². The highest BCUT2D eigenvalue weighted by Crippen LogP contribution is 2.23. The fraction of sp³-hybridized carbons (Fsp3) is 0.381. The number of hydrogen-bond donors (Lipinski definition) is 1. The minimum atomic E-state index is -3.72. The van der Waals surface area contributed by atoms with E-state index in [9.17, 15) is 13.2 Å². The van der Waals surface area contributed by atoms with Crippen molar-refractivity contribution in [2.24, 2.45) is 0 Å². The number of ether oxygens (including phenoxy) is 1. The number of nitrogens with one attached hydrogen (secondary N) is 1. The molecule has 0 aliphatic carbocycles. The number of likely N-dealkylation sites (N-methyl/N-ethyl adjacent to an activating group) is 1. The molecule has 162 valence electrons. The van der Waals surface area contributed by atoms with E-state index in [1.165, 1.54) is 19.2 Å². The zero-order valence-corrected chi connectivity index (χ0v) is 18.4. The molecule has 1 aliphatic rings. The first-order chi connectivity index (χ1) is 14.4. The lowest BCUT2D eigenvalue weighted by Gasteiger charge is -2.35. The van der Waals surface area contributed by atoms with E-state index in [0.717, 1.165) is 23.0 Å². The van der Waals surface area contributed by atoms with Crippen LogP contribution in [0.2, 0.25) is 5.02 Å². The van der Waals surface area contributed by atoms with Gasteiger partial charge in [-0.25, -0.2) is 8.42 Å². The van der Waals surface area contributed by atoms with Gasteiger partial charge in [0.2, 0.25) is 15.9 Å². The third-order valence-corrected chi connectivity index (χ3v) is 7.12. The van der Waals surface area contributed by atoms with Gasteiger partial charge in [0.05, 0.1) is 30.7 Å². The first kappa shape index (κ1) is 22.7. The molecule has 1 amide bonds. The van der Waals surface area contributed by atoms with E-state index in [-0.39, 0.29) is 23.4 Å². The predicted octanol–water partition coefficient (Wildman–Crippen LogP) is 2.15. The Kier molecular flexibility index (Phi) is 7.85. The van der Waals surface area contributed by atoms with Crippen molar-refractivity contribution in [2.75, 3.05) is 46.4 Å². The van der Waals surface area contributed by atoms with E-state index in [1.54, 1.807) is 18.2 Å². The van der Waals surface area contributed by atoms with Crippen LogP contribution >= 0.6 is 11.6 Å². The number of morpholine rings is 1. The van der Waals surface area contributed by atoms with Crippen molar-refractivity contribution < 1.29 is 17.9 Å². The summed E-state index contributed by atoms with van der Waals surface area (Å²) in [5.74, 6) is -0.357. The van der Waals surface area contributed by atoms with Crippen LogP contribution in [0.4, 0.5) is 0 Å². The van der Waals surface area contributed by atoms with E-state index in [2.05, 4.69) is 10.2 Å². The van der Waals surface area contributed by atoms with Crippen molar-refractivity contribution in [3.8, 4) is 0 Å². The number of carbonyl (C=O) groups is 1. The summed E-state index contributed by atoms with van der Waals surface area (Å²) < 4.78 is 31.7. The van der Waals surface area contributed by atoms with Crippen molar-refractivity contribution in [2.45, 2.75) is 10.9 Å². The van der Waals surface area contributed by atoms with Gasteiger partial charge in [-0.2, -0.15) is 4.31 Å². The van der Waals surface area contributed by atoms with Gasteiger partial charge in [0.25, 0.3) is 0 Å². The van der Waals surface area contributed by atoms with Crippen molar-refractivity contribution in [3.63, 3.8) is 0 Å². The molecular weight excluding hydrogens is 426 g/mol. The molecular formula is C21H26ClN3O4S. The largest absolute Gasteiger partial charge is 0.379 e. The molecule has 0 spiro atoms. The average molecular weight is 452 g/mol. The molecule has 1 atom stereocenters. The highest BCUT2D eigenvalue weighted by Gasteiger charge is 2.25. The van der Waals surface area contributed by atoms with Crippen LogP contribution in [0, 0.1) is 0 Å². The Hall–Kier alpha value is -1.97. The maximum absolute atomic E-state index is 12.6. The molecule has 0 bridgehead atoms. The van der Waals surface area contributed by atoms with Crippen LogP contribution in [0.5, 0.6) is 0 Å². The lowest BCUT2D eigenvalue weighted by molar-refractivity contribution is -0.121. The third kappa shape index (κ3) is 5.80. The van der Waals surface area contributed by atoms with Gasteiger partial charge >= 0.3 is 0 Å². The smallest absolute Gasteiger partial charge is 0.243 e. The third-order valence-electron chi connectivity index (χ3n) is 5.05. The van der Waals surface area contributed by atoms with Gasteiger partial charge < -0.3 is 10.1 Å². The summed E-state index contributed by atoms with van der Waals surface area (Å²) in [4.78, 5) is 14.9. The minimum absolute atomic E-state index is 0.0499. The van der Waals surface area contributed by atoms with Crippen LogP contribution in [-0.4, -0.2) is 70.0 Å². The SMILES string of the molecule is CN(CC(=O)NCC(c1ccc(Cl)cc1)N1CCOCC1)S(=O)(=O)c1ccccc1. The highest BCUT2D eigenvalue weighted by molar-refractivity contribution is 7.89. The lowest BCUT2D eigenvalue weighted by Crippen LogP contribution is -2.45. The number of hydrogen-bond acceptors (Lipinski definition) is 5. The van der Waals surface area contributed by atoms with Crippen molar-refractivity contribution in [1.82, 2.24) is 14.5 Å². The fourth-order valence-corrected chi connectivity index (χ4v) is 4.63. The van der Waals surface area contributed by atoms with Gasteiger partial charge in [-0.3, -0.25) is 9.69 Å². The lowest BCUT2D eigenvalue weighted by atomic mass is 10.0. The number of nitrogens with zero attached hydrogens (tertiary/aromatic N) is 2. The van der Waals surface area contributed by atoms with E-state index >= 15 is 0 Å². The number of rotatable bonds is 8. The molecule has 3 rings (SSSR count). The summed E-state index contributed by atoms with van der Waals surface area (Å²) >= 11 is 6.01. The van der Waals surface area contributed by atoms with Gasteiger partial charge in [0.15, 0.2) is 0 Å². The molecule has 0 saturated carbocycles. The maximum Gasteiger partial charge on any atom is 0.243 e. The molecule has 1 saturated heterocycles. The quantitative estimate of drug-likeness (QED) is 0.665. The Morgan fingerprint density at radius 1 is 1.13 bits per heavy atom. The number of halogens is 1. The standard InChI is InChI=1S/C21H26ClN3O4S/c1-24(30(27,28)19-5-3-2-4-6-19)16-21(26)23-15-20(25-11-13-29-14-12-25)17-7-9-18(22)10-8-17/h2-10,20H,11-16H2,1H3,(H,23,26). The second-order valence-electron chi connectivity index (χ2n) is 7.09. The van der Waals surface area contributed by atoms with Crippen molar-refractivity contribution in [3.05, 3.63) is 65.2 Å². The van der Waals surface area contributed by atoms with Gasteiger partial charge in [-0.1, -0.05) is 41.9 Å². The highest BCUT2D eigenvalue weighted by atomic mass is 35.5. The molecule has 1 heterocycles. The Labute approximate surface area is 182 Å². The second-order valence-corrected chi connectivity index (χ2v) is 9.58. The molecule has 2 aromatic rings. The summed E-state index contributed by atoms with van der Waals surface area (Å²) in [6, 6.07) is 15.6. The molecule has 0 radical (unpaired) electrons. The Morgan fingerprint density at radius 2 is 1.77 bits per heavy atom. The average Bonchev–Trinajstić information content (AvgIpc) is 2.76. The predicted molar refractivity (Wildman–Crippen MR) is 116 cm³/mol. The monoisotopic (exact) mass is 451 g/mol. The molecule has 0 aromatic heterocycles. The molecule has 2 aromatic carbocycles. The van der Waals surface area contributed by atoms with E-state index in [4.69, 9.17) is 16.3 Å².